The summed E-state index contributed by atoms with van der Waals surface area (Å²) in [6, 6.07) is 2.89. The van der Waals surface area contributed by atoms with E-state index in [1.807, 2.05) is 0 Å². The maximum absolute atomic E-state index is 12.8. The van der Waals surface area contributed by atoms with Crippen LogP contribution in [0.3, 0.4) is 0 Å². The van der Waals surface area contributed by atoms with Crippen molar-refractivity contribution in [2.45, 2.75) is 31.8 Å². The highest BCUT2D eigenvalue weighted by atomic mass is 16.6. The fraction of sp³-hybridized carbons (Fsp3) is 0.450. The number of aryl methyl sites for hydroxylation is 1. The molecule has 0 unspecified atom stereocenters. The molecule has 0 spiro atoms. The summed E-state index contributed by atoms with van der Waals surface area (Å²) >= 11 is 0. The summed E-state index contributed by atoms with van der Waals surface area (Å²) in [5.41, 5.74) is -0.689. The van der Waals surface area contributed by atoms with Crippen molar-refractivity contribution in [1.29, 1.82) is 0 Å². The highest BCUT2D eigenvalue weighted by molar-refractivity contribution is 5.91. The largest absolute Gasteiger partial charge is 0.493 e. The van der Waals surface area contributed by atoms with Crippen molar-refractivity contribution in [1.82, 2.24) is 9.55 Å². The van der Waals surface area contributed by atoms with Crippen LogP contribution in [0.25, 0.3) is 0 Å². The van der Waals surface area contributed by atoms with Gasteiger partial charge in [-0.05, 0) is 19.1 Å². The number of methoxy groups -OCH3 is 3. The monoisotopic (exact) mass is 436 g/mol. The molecule has 2 N–H and O–H groups in total. The van der Waals surface area contributed by atoms with E-state index >= 15 is 0 Å². The van der Waals surface area contributed by atoms with Crippen molar-refractivity contribution in [3.8, 4) is 17.2 Å². The molecule has 0 saturated carbocycles. The van der Waals surface area contributed by atoms with Crippen molar-refractivity contribution in [3.63, 3.8) is 0 Å². The SMILES string of the molecule is COc1cc(C(=O)O[C@@H]2C[C@@H](n3cc(C)c(=O)[nH]c3=O)O[C@@H]2CO)cc(OC)c1OC. The number of aromatic amines is 1. The van der Waals surface area contributed by atoms with E-state index < -0.39 is 42.3 Å². The second-order valence-electron chi connectivity index (χ2n) is 6.88. The number of nitrogens with zero attached hydrogens (tertiary/aromatic N) is 1. The molecule has 1 aliphatic heterocycles. The summed E-state index contributed by atoms with van der Waals surface area (Å²) in [5.74, 6) is 0.190. The Morgan fingerprint density at radius 2 is 1.84 bits per heavy atom. The van der Waals surface area contributed by atoms with Crippen LogP contribution in [0.15, 0.2) is 27.9 Å². The third-order valence-electron chi connectivity index (χ3n) is 4.98. The normalized spacial score (nSPS) is 20.4. The van der Waals surface area contributed by atoms with Gasteiger partial charge >= 0.3 is 11.7 Å². The van der Waals surface area contributed by atoms with Gasteiger partial charge in [0.15, 0.2) is 11.5 Å². The van der Waals surface area contributed by atoms with Crippen LogP contribution in [-0.4, -0.2) is 60.8 Å². The van der Waals surface area contributed by atoms with Gasteiger partial charge < -0.3 is 28.8 Å². The lowest BCUT2D eigenvalue weighted by atomic mass is 10.1. The zero-order chi connectivity index (χ0) is 22.7. The van der Waals surface area contributed by atoms with Crippen LogP contribution < -0.4 is 25.5 Å². The molecule has 31 heavy (non-hydrogen) atoms. The molecule has 1 fully saturated rings. The smallest absolute Gasteiger partial charge is 0.338 e. The summed E-state index contributed by atoms with van der Waals surface area (Å²) in [4.78, 5) is 38.7. The molecule has 0 radical (unpaired) electrons. The van der Waals surface area contributed by atoms with Crippen molar-refractivity contribution >= 4 is 5.97 Å². The van der Waals surface area contributed by atoms with Gasteiger partial charge in [-0.3, -0.25) is 14.3 Å². The number of rotatable bonds is 7. The Balaban J connectivity index is 1.84. The number of aliphatic hydroxyl groups excluding tert-OH is 1. The van der Waals surface area contributed by atoms with E-state index in [1.54, 1.807) is 6.92 Å². The number of benzene rings is 1. The Hall–Kier alpha value is -3.31. The quantitative estimate of drug-likeness (QED) is 0.590. The van der Waals surface area contributed by atoms with Gasteiger partial charge in [-0.25, -0.2) is 9.59 Å². The maximum atomic E-state index is 12.8. The standard InChI is InChI=1S/C20H24N2O9/c1-10-8-22(20(26)21-18(10)24)16-7-12(15(9-23)30-16)31-19(25)11-5-13(27-2)17(29-4)14(6-11)28-3/h5-6,8,12,15-16,23H,7,9H2,1-4H3,(H,21,24,26)/t12-,15-,16+/m1/s1. The Morgan fingerprint density at radius 3 is 2.39 bits per heavy atom. The van der Waals surface area contributed by atoms with Gasteiger partial charge in [0.05, 0.1) is 33.5 Å². The van der Waals surface area contributed by atoms with E-state index in [0.717, 1.165) is 0 Å². The van der Waals surface area contributed by atoms with Gasteiger partial charge in [-0.2, -0.15) is 0 Å². The average molecular weight is 436 g/mol. The number of carbonyl (C=O) groups excluding carboxylic acids is 1. The number of esters is 1. The number of aromatic nitrogens is 2. The van der Waals surface area contributed by atoms with Gasteiger partial charge in [0.1, 0.15) is 18.4 Å². The second-order valence-corrected chi connectivity index (χ2v) is 6.88. The molecular formula is C20H24N2O9. The van der Waals surface area contributed by atoms with E-state index in [-0.39, 0.29) is 23.5 Å². The molecule has 2 aromatic rings. The molecule has 3 rings (SSSR count). The van der Waals surface area contributed by atoms with E-state index in [0.29, 0.717) is 11.3 Å². The Morgan fingerprint density at radius 1 is 1.19 bits per heavy atom. The first-order chi connectivity index (χ1) is 14.8. The lowest BCUT2D eigenvalue weighted by Gasteiger charge is -2.18. The third kappa shape index (κ3) is 4.42. The number of aliphatic hydroxyl groups is 1. The van der Waals surface area contributed by atoms with Crippen molar-refractivity contribution in [3.05, 3.63) is 50.3 Å². The molecular weight excluding hydrogens is 412 g/mol. The minimum Gasteiger partial charge on any atom is -0.493 e. The van der Waals surface area contributed by atoms with Crippen LogP contribution in [0.4, 0.5) is 0 Å². The van der Waals surface area contributed by atoms with Gasteiger partial charge in [0.2, 0.25) is 5.75 Å². The molecule has 1 aliphatic rings. The van der Waals surface area contributed by atoms with Crippen LogP contribution in [0.2, 0.25) is 0 Å². The fourth-order valence-corrected chi connectivity index (χ4v) is 3.36. The number of carbonyl (C=O) groups is 1. The number of nitrogens with one attached hydrogen (secondary N) is 1. The zero-order valence-electron chi connectivity index (χ0n) is 17.5. The number of hydrogen-bond acceptors (Lipinski definition) is 9. The molecule has 0 amide bonds. The molecule has 11 nitrogen and oxygen atoms in total. The van der Waals surface area contributed by atoms with E-state index in [1.165, 1.54) is 44.2 Å². The minimum absolute atomic E-state index is 0.104. The van der Waals surface area contributed by atoms with Crippen molar-refractivity contribution in [2.24, 2.45) is 0 Å². The molecule has 0 bridgehead atoms. The van der Waals surface area contributed by atoms with Crippen molar-refractivity contribution < 1.29 is 33.6 Å². The highest BCUT2D eigenvalue weighted by Gasteiger charge is 2.39. The van der Waals surface area contributed by atoms with Crippen molar-refractivity contribution in [2.75, 3.05) is 27.9 Å². The Labute approximate surface area is 177 Å². The first-order valence-electron chi connectivity index (χ1n) is 9.42. The van der Waals surface area contributed by atoms with Crippen LogP contribution in [0.5, 0.6) is 17.2 Å². The number of ether oxygens (including phenoxy) is 5. The molecule has 11 heteroatoms. The predicted molar refractivity (Wildman–Crippen MR) is 107 cm³/mol. The van der Waals surface area contributed by atoms with Gasteiger partial charge in [-0.1, -0.05) is 0 Å². The molecule has 168 valence electrons. The van der Waals surface area contributed by atoms with Crippen LogP contribution >= 0.6 is 0 Å². The third-order valence-corrected chi connectivity index (χ3v) is 4.98. The van der Waals surface area contributed by atoms with E-state index in [2.05, 4.69) is 4.98 Å². The van der Waals surface area contributed by atoms with Crippen LogP contribution in [-0.2, 0) is 9.47 Å². The zero-order valence-corrected chi connectivity index (χ0v) is 17.5. The lowest BCUT2D eigenvalue weighted by molar-refractivity contribution is -0.0522. The second kappa shape index (κ2) is 9.23. The summed E-state index contributed by atoms with van der Waals surface area (Å²) in [5, 5.41) is 9.67. The predicted octanol–water partition coefficient (Wildman–Crippen LogP) is 0.376. The topological polar surface area (TPSA) is 138 Å². The highest BCUT2D eigenvalue weighted by Crippen LogP contribution is 2.39. The van der Waals surface area contributed by atoms with Gasteiger partial charge in [0, 0.05) is 18.2 Å². The first kappa shape index (κ1) is 22.4. The molecule has 1 aromatic carbocycles. The summed E-state index contributed by atoms with van der Waals surface area (Å²) in [7, 11) is 4.29. The molecule has 3 atom stereocenters. The van der Waals surface area contributed by atoms with Gasteiger partial charge in [-0.15, -0.1) is 0 Å². The van der Waals surface area contributed by atoms with E-state index in [4.69, 9.17) is 23.7 Å². The van der Waals surface area contributed by atoms with Crippen LogP contribution in [0.1, 0.15) is 28.6 Å². The lowest BCUT2D eigenvalue weighted by Crippen LogP contribution is -2.33. The van der Waals surface area contributed by atoms with Crippen LogP contribution in [0, 0.1) is 6.92 Å². The molecule has 1 aromatic heterocycles. The summed E-state index contributed by atoms with van der Waals surface area (Å²) < 4.78 is 28.2. The number of hydrogen-bond donors (Lipinski definition) is 2. The Kier molecular flexibility index (Phi) is 6.66. The van der Waals surface area contributed by atoms with Gasteiger partial charge in [0.25, 0.3) is 5.56 Å². The Bertz CT molecular complexity index is 1050. The van der Waals surface area contributed by atoms with E-state index in [9.17, 15) is 19.5 Å². The minimum atomic E-state index is -0.852. The molecule has 2 heterocycles. The number of H-pyrrole nitrogens is 1. The summed E-state index contributed by atoms with van der Waals surface area (Å²) in [6.45, 7) is 1.12. The first-order valence-corrected chi connectivity index (χ1v) is 9.42. The molecule has 1 saturated heterocycles. The summed E-state index contributed by atoms with van der Waals surface area (Å²) in [6.07, 6.45) is -1.04. The molecule has 0 aliphatic carbocycles. The maximum Gasteiger partial charge on any atom is 0.338 e. The fourth-order valence-electron chi connectivity index (χ4n) is 3.36. The average Bonchev–Trinajstić information content (AvgIpc) is 3.17.